The molecule has 3 rings (SSSR count). The van der Waals surface area contributed by atoms with Crippen molar-refractivity contribution in [3.8, 4) is 0 Å². The number of amides is 1. The first-order chi connectivity index (χ1) is 14.3. The molecule has 0 saturated carbocycles. The van der Waals surface area contributed by atoms with Crippen molar-refractivity contribution in [1.82, 2.24) is 0 Å². The smallest absolute Gasteiger partial charge is 0.338 e. The first-order valence-electron chi connectivity index (χ1n) is 9.24. The van der Waals surface area contributed by atoms with Crippen LogP contribution in [0.3, 0.4) is 0 Å². The summed E-state index contributed by atoms with van der Waals surface area (Å²) in [5, 5.41) is 0. The molecule has 1 fully saturated rings. The van der Waals surface area contributed by atoms with Crippen LogP contribution >= 0.6 is 0 Å². The Morgan fingerprint density at radius 2 is 1.57 bits per heavy atom. The molecule has 30 heavy (non-hydrogen) atoms. The maximum atomic E-state index is 12.9. The summed E-state index contributed by atoms with van der Waals surface area (Å²) in [5.74, 6) is -1.89. The number of hydrogen-bond acceptors (Lipinski definition) is 7. The van der Waals surface area contributed by atoms with Gasteiger partial charge in [0.05, 0.1) is 35.8 Å². The van der Waals surface area contributed by atoms with Crippen LogP contribution in [0.1, 0.15) is 27.1 Å². The number of esters is 2. The van der Waals surface area contributed by atoms with Crippen molar-refractivity contribution in [1.29, 1.82) is 0 Å². The molecule has 1 saturated heterocycles. The zero-order valence-electron chi connectivity index (χ0n) is 16.3. The molecular formula is C21H21NO7S. The Morgan fingerprint density at radius 3 is 2.10 bits per heavy atom. The number of methoxy groups -OCH3 is 1. The molecule has 1 atom stereocenters. The average Bonchev–Trinajstić information content (AvgIpc) is 3.11. The van der Waals surface area contributed by atoms with Gasteiger partial charge >= 0.3 is 11.9 Å². The molecule has 1 unspecified atom stereocenters. The Balaban J connectivity index is 1.70. The minimum atomic E-state index is -3.21. The van der Waals surface area contributed by atoms with E-state index in [1.54, 1.807) is 30.3 Å². The van der Waals surface area contributed by atoms with Crippen molar-refractivity contribution >= 4 is 33.4 Å². The van der Waals surface area contributed by atoms with Gasteiger partial charge in [-0.2, -0.15) is 0 Å². The van der Waals surface area contributed by atoms with Crippen molar-refractivity contribution in [2.24, 2.45) is 0 Å². The Hall–Kier alpha value is -3.20. The van der Waals surface area contributed by atoms with Gasteiger partial charge in [-0.15, -0.1) is 0 Å². The van der Waals surface area contributed by atoms with Crippen LogP contribution in [0.2, 0.25) is 0 Å². The second-order valence-electron chi connectivity index (χ2n) is 6.80. The van der Waals surface area contributed by atoms with E-state index in [0.717, 1.165) is 0 Å². The molecule has 1 heterocycles. The number of hydrogen-bond donors (Lipinski definition) is 0. The molecule has 0 spiro atoms. The van der Waals surface area contributed by atoms with E-state index >= 15 is 0 Å². The van der Waals surface area contributed by atoms with E-state index < -0.39 is 40.3 Å². The van der Waals surface area contributed by atoms with Gasteiger partial charge in [0, 0.05) is 5.69 Å². The lowest BCUT2D eigenvalue weighted by molar-refractivity contribution is -0.122. The van der Waals surface area contributed by atoms with E-state index in [9.17, 15) is 22.8 Å². The van der Waals surface area contributed by atoms with Crippen LogP contribution < -0.4 is 4.90 Å². The van der Waals surface area contributed by atoms with E-state index in [1.165, 1.54) is 36.3 Å². The highest BCUT2D eigenvalue weighted by Gasteiger charge is 2.35. The zero-order valence-corrected chi connectivity index (χ0v) is 17.1. The second kappa shape index (κ2) is 9.08. The molecule has 9 heteroatoms. The van der Waals surface area contributed by atoms with Gasteiger partial charge in [-0.3, -0.25) is 4.79 Å². The maximum absolute atomic E-state index is 12.9. The lowest BCUT2D eigenvalue weighted by Crippen LogP contribution is -2.43. The van der Waals surface area contributed by atoms with E-state index in [-0.39, 0.29) is 22.6 Å². The number of carbonyl (C=O) groups excluding carboxylic acids is 3. The van der Waals surface area contributed by atoms with Crippen molar-refractivity contribution in [3.05, 3.63) is 65.7 Å². The molecule has 158 valence electrons. The first kappa shape index (κ1) is 21.5. The molecule has 0 N–H and O–H groups in total. The standard InChI is InChI=1S/C21H21NO7S/c1-28-20(24)15-7-9-16(10-8-15)21(25)29-13-19(23)22(17-5-3-2-4-6-17)18-11-12-30(26,27)14-18/h2-10,18H,11-14H2,1H3. The lowest BCUT2D eigenvalue weighted by atomic mass is 10.1. The molecule has 8 nitrogen and oxygen atoms in total. The van der Waals surface area contributed by atoms with Crippen LogP contribution in [0.5, 0.6) is 0 Å². The normalized spacial score (nSPS) is 17.2. The summed E-state index contributed by atoms with van der Waals surface area (Å²) in [7, 11) is -1.95. The molecule has 2 aromatic rings. The van der Waals surface area contributed by atoms with Crippen LogP contribution in [0.25, 0.3) is 0 Å². The number of benzene rings is 2. The van der Waals surface area contributed by atoms with Crippen molar-refractivity contribution in [2.75, 3.05) is 30.1 Å². The molecule has 1 amide bonds. The number of anilines is 1. The fourth-order valence-electron chi connectivity index (χ4n) is 3.27. The lowest BCUT2D eigenvalue weighted by Gasteiger charge is -2.28. The third-order valence-electron chi connectivity index (χ3n) is 4.75. The number of sulfone groups is 1. The van der Waals surface area contributed by atoms with Gasteiger partial charge in [-0.05, 0) is 42.8 Å². The third-order valence-corrected chi connectivity index (χ3v) is 6.50. The summed E-state index contributed by atoms with van der Waals surface area (Å²) >= 11 is 0. The number of nitrogens with zero attached hydrogens (tertiary/aromatic N) is 1. The summed E-state index contributed by atoms with van der Waals surface area (Å²) in [6.07, 6.45) is 0.325. The minimum Gasteiger partial charge on any atom is -0.465 e. The fourth-order valence-corrected chi connectivity index (χ4v) is 4.97. The van der Waals surface area contributed by atoms with E-state index in [0.29, 0.717) is 12.1 Å². The number of ether oxygens (including phenoxy) is 2. The molecular weight excluding hydrogens is 410 g/mol. The van der Waals surface area contributed by atoms with E-state index in [4.69, 9.17) is 4.74 Å². The van der Waals surface area contributed by atoms with Gasteiger partial charge < -0.3 is 14.4 Å². The Labute approximate surface area is 174 Å². The van der Waals surface area contributed by atoms with Crippen molar-refractivity contribution < 1.29 is 32.3 Å². The van der Waals surface area contributed by atoms with Crippen LogP contribution in [0, 0.1) is 0 Å². The first-order valence-corrected chi connectivity index (χ1v) is 11.1. The quantitative estimate of drug-likeness (QED) is 0.643. The minimum absolute atomic E-state index is 0.0145. The zero-order chi connectivity index (χ0) is 21.7. The van der Waals surface area contributed by atoms with Gasteiger partial charge in [-0.25, -0.2) is 18.0 Å². The highest BCUT2D eigenvalue weighted by molar-refractivity contribution is 7.91. The Morgan fingerprint density at radius 1 is 0.967 bits per heavy atom. The molecule has 0 aromatic heterocycles. The van der Waals surface area contributed by atoms with Crippen LogP contribution in [-0.2, 0) is 24.1 Å². The molecule has 1 aliphatic heterocycles. The van der Waals surface area contributed by atoms with Crippen molar-refractivity contribution in [2.45, 2.75) is 12.5 Å². The summed E-state index contributed by atoms with van der Waals surface area (Å²) in [4.78, 5) is 38.0. The molecule has 1 aliphatic rings. The average molecular weight is 431 g/mol. The van der Waals surface area contributed by atoms with E-state index in [2.05, 4.69) is 4.74 Å². The monoisotopic (exact) mass is 431 g/mol. The van der Waals surface area contributed by atoms with Gasteiger partial charge in [-0.1, -0.05) is 18.2 Å². The van der Waals surface area contributed by atoms with Gasteiger partial charge in [0.25, 0.3) is 5.91 Å². The predicted molar refractivity (Wildman–Crippen MR) is 109 cm³/mol. The molecule has 2 aromatic carbocycles. The van der Waals surface area contributed by atoms with Gasteiger partial charge in [0.2, 0.25) is 0 Å². The topological polar surface area (TPSA) is 107 Å². The van der Waals surface area contributed by atoms with Crippen molar-refractivity contribution in [3.63, 3.8) is 0 Å². The number of para-hydroxylation sites is 1. The van der Waals surface area contributed by atoms with Crippen LogP contribution in [0.15, 0.2) is 54.6 Å². The van der Waals surface area contributed by atoms with E-state index in [1.807, 2.05) is 0 Å². The molecule has 0 aliphatic carbocycles. The summed E-state index contributed by atoms with van der Waals surface area (Å²) in [6, 6.07) is 13.8. The van der Waals surface area contributed by atoms with Gasteiger partial charge in [0.1, 0.15) is 0 Å². The third kappa shape index (κ3) is 5.04. The summed E-state index contributed by atoms with van der Waals surface area (Å²) in [6.45, 7) is -0.539. The predicted octanol–water partition coefficient (Wildman–Crippen LogP) is 1.85. The van der Waals surface area contributed by atoms with Crippen LogP contribution in [-0.4, -0.2) is 57.5 Å². The second-order valence-corrected chi connectivity index (χ2v) is 9.03. The largest absolute Gasteiger partial charge is 0.465 e. The molecule has 0 radical (unpaired) electrons. The van der Waals surface area contributed by atoms with Crippen LogP contribution in [0.4, 0.5) is 5.69 Å². The highest BCUT2D eigenvalue weighted by Crippen LogP contribution is 2.24. The number of rotatable bonds is 6. The highest BCUT2D eigenvalue weighted by atomic mass is 32.2. The SMILES string of the molecule is COC(=O)c1ccc(C(=O)OCC(=O)N(c2ccccc2)C2CCS(=O)(=O)C2)cc1. The fraction of sp³-hybridized carbons (Fsp3) is 0.286. The summed E-state index contributed by atoms with van der Waals surface area (Å²) in [5.41, 5.74) is 0.996. The maximum Gasteiger partial charge on any atom is 0.338 e. The number of carbonyl (C=O) groups is 3. The molecule has 0 bridgehead atoms. The van der Waals surface area contributed by atoms with Gasteiger partial charge in [0.15, 0.2) is 16.4 Å². The summed E-state index contributed by atoms with van der Waals surface area (Å²) < 4.78 is 33.5. The Bertz CT molecular complexity index is 1030. The Kier molecular flexibility index (Phi) is 6.51.